The smallest absolute Gasteiger partial charge is 0.0344 e. The fourth-order valence-corrected chi connectivity index (χ4v) is 4.53. The van der Waals surface area contributed by atoms with Gasteiger partial charge >= 0.3 is 0 Å². The third kappa shape index (κ3) is 2.86. The van der Waals surface area contributed by atoms with Gasteiger partial charge in [-0.15, -0.1) is 12.4 Å². The Morgan fingerprint density at radius 3 is 2.59 bits per heavy atom. The standard InChI is InChI=1S/C19H17NS.ClH/c1-3-15-4-2-6-17-18(13-16(5-1)19(15)17)21-12-9-14-7-10-20-11-8-14;/h1-8,10-11,18H,9,12-13H2;1H. The van der Waals surface area contributed by atoms with E-state index in [2.05, 4.69) is 65.3 Å². The van der Waals surface area contributed by atoms with Crippen LogP contribution in [0.2, 0.25) is 0 Å². The lowest BCUT2D eigenvalue weighted by molar-refractivity contribution is 0.984. The van der Waals surface area contributed by atoms with E-state index < -0.39 is 0 Å². The predicted octanol–water partition coefficient (Wildman–Crippen LogP) is 5.23. The van der Waals surface area contributed by atoms with Gasteiger partial charge in [0.25, 0.3) is 0 Å². The molecule has 112 valence electrons. The second kappa shape index (κ2) is 6.72. The fourth-order valence-electron chi connectivity index (χ4n) is 3.22. The average Bonchev–Trinajstić information content (AvgIpc) is 2.89. The topological polar surface area (TPSA) is 12.9 Å². The summed E-state index contributed by atoms with van der Waals surface area (Å²) in [5, 5.41) is 3.51. The van der Waals surface area contributed by atoms with Crippen molar-refractivity contribution in [2.24, 2.45) is 0 Å². The Hall–Kier alpha value is -1.51. The molecular weight excluding hydrogens is 310 g/mol. The number of halogens is 1. The molecule has 0 fully saturated rings. The van der Waals surface area contributed by atoms with Crippen LogP contribution in [0.15, 0.2) is 60.9 Å². The number of hydrogen-bond acceptors (Lipinski definition) is 2. The lowest BCUT2D eigenvalue weighted by atomic mass is 10.1. The van der Waals surface area contributed by atoms with Gasteiger partial charge in [0.1, 0.15) is 0 Å². The quantitative estimate of drug-likeness (QED) is 0.650. The number of aromatic nitrogens is 1. The summed E-state index contributed by atoms with van der Waals surface area (Å²) in [6.45, 7) is 0. The zero-order valence-corrected chi connectivity index (χ0v) is 13.9. The van der Waals surface area contributed by atoms with E-state index in [1.54, 1.807) is 0 Å². The maximum Gasteiger partial charge on any atom is 0.0344 e. The molecule has 3 heteroatoms. The molecule has 1 aromatic heterocycles. The van der Waals surface area contributed by atoms with Crippen molar-refractivity contribution < 1.29 is 0 Å². The lowest BCUT2D eigenvalue weighted by Gasteiger charge is -2.11. The van der Waals surface area contributed by atoms with Crippen molar-refractivity contribution in [2.75, 3.05) is 5.75 Å². The van der Waals surface area contributed by atoms with Gasteiger partial charge in [-0.1, -0.05) is 36.4 Å². The highest BCUT2D eigenvalue weighted by Gasteiger charge is 2.23. The lowest BCUT2D eigenvalue weighted by Crippen LogP contribution is -1.95. The number of thioether (sulfide) groups is 1. The largest absolute Gasteiger partial charge is 0.265 e. The molecule has 0 saturated heterocycles. The summed E-state index contributed by atoms with van der Waals surface area (Å²) in [7, 11) is 0. The molecule has 1 nitrogen and oxygen atoms in total. The molecule has 1 atom stereocenters. The van der Waals surface area contributed by atoms with E-state index >= 15 is 0 Å². The van der Waals surface area contributed by atoms with Crippen LogP contribution in [0.5, 0.6) is 0 Å². The summed E-state index contributed by atoms with van der Waals surface area (Å²) in [5.41, 5.74) is 4.43. The van der Waals surface area contributed by atoms with Crippen LogP contribution in [-0.2, 0) is 12.8 Å². The van der Waals surface area contributed by atoms with Crippen molar-refractivity contribution in [1.82, 2.24) is 4.98 Å². The summed E-state index contributed by atoms with van der Waals surface area (Å²) in [6, 6.07) is 17.7. The molecule has 1 aliphatic carbocycles. The van der Waals surface area contributed by atoms with Crippen molar-refractivity contribution in [3.8, 4) is 0 Å². The summed E-state index contributed by atoms with van der Waals surface area (Å²) in [6.07, 6.45) is 6.06. The molecule has 4 rings (SSSR count). The van der Waals surface area contributed by atoms with Gasteiger partial charge in [-0.05, 0) is 58.2 Å². The van der Waals surface area contributed by atoms with Gasteiger partial charge in [0.15, 0.2) is 0 Å². The van der Waals surface area contributed by atoms with Gasteiger partial charge in [-0.2, -0.15) is 11.8 Å². The Morgan fingerprint density at radius 1 is 1.00 bits per heavy atom. The van der Waals surface area contributed by atoms with E-state index in [9.17, 15) is 0 Å². The Labute approximate surface area is 141 Å². The molecule has 1 unspecified atom stereocenters. The first-order valence-corrected chi connectivity index (χ1v) is 8.48. The molecule has 3 aromatic rings. The van der Waals surface area contributed by atoms with Gasteiger partial charge in [-0.3, -0.25) is 4.98 Å². The van der Waals surface area contributed by atoms with E-state index in [0.29, 0.717) is 5.25 Å². The monoisotopic (exact) mass is 327 g/mol. The van der Waals surface area contributed by atoms with Gasteiger partial charge in [0.05, 0.1) is 0 Å². The van der Waals surface area contributed by atoms with Crippen molar-refractivity contribution in [3.63, 3.8) is 0 Å². The Bertz CT molecular complexity index is 767. The number of rotatable bonds is 4. The fraction of sp³-hybridized carbons (Fsp3) is 0.211. The number of benzene rings is 2. The summed E-state index contributed by atoms with van der Waals surface area (Å²) >= 11 is 2.09. The second-order valence-corrected chi connectivity index (χ2v) is 6.84. The van der Waals surface area contributed by atoms with Crippen molar-refractivity contribution in [2.45, 2.75) is 18.1 Å². The van der Waals surface area contributed by atoms with E-state index in [-0.39, 0.29) is 12.4 Å². The molecule has 0 bridgehead atoms. The molecule has 0 aliphatic heterocycles. The number of nitrogens with zero attached hydrogens (tertiary/aromatic N) is 1. The minimum atomic E-state index is 0. The minimum Gasteiger partial charge on any atom is -0.265 e. The highest BCUT2D eigenvalue weighted by molar-refractivity contribution is 7.99. The molecule has 2 aromatic carbocycles. The maximum atomic E-state index is 4.08. The molecule has 1 heterocycles. The third-order valence-corrected chi connectivity index (χ3v) is 5.50. The third-order valence-electron chi connectivity index (χ3n) is 4.23. The highest BCUT2D eigenvalue weighted by atomic mass is 35.5. The predicted molar refractivity (Wildman–Crippen MR) is 98.0 cm³/mol. The Balaban J connectivity index is 0.00000144. The van der Waals surface area contributed by atoms with Crippen LogP contribution in [0.25, 0.3) is 10.8 Å². The van der Waals surface area contributed by atoms with Crippen molar-refractivity contribution in [3.05, 3.63) is 77.6 Å². The summed E-state index contributed by atoms with van der Waals surface area (Å²) in [4.78, 5) is 4.08. The van der Waals surface area contributed by atoms with Crippen LogP contribution in [0, 0.1) is 0 Å². The first-order valence-electron chi connectivity index (χ1n) is 7.43. The number of hydrogen-bond donors (Lipinski definition) is 0. The van der Waals surface area contributed by atoms with Crippen molar-refractivity contribution in [1.29, 1.82) is 0 Å². The SMILES string of the molecule is Cl.c1cc2c3c(cccc3c1)C(SCCc1ccncc1)C2. The van der Waals surface area contributed by atoms with Gasteiger partial charge in [0, 0.05) is 17.6 Å². The molecular formula is C19H18ClNS. The van der Waals surface area contributed by atoms with Gasteiger partial charge in [-0.25, -0.2) is 0 Å². The molecule has 0 N–H and O–H groups in total. The summed E-state index contributed by atoms with van der Waals surface area (Å²) in [5.74, 6) is 1.17. The Morgan fingerprint density at radius 2 is 1.77 bits per heavy atom. The highest BCUT2D eigenvalue weighted by Crippen LogP contribution is 2.44. The van der Waals surface area contributed by atoms with E-state index in [0.717, 1.165) is 6.42 Å². The van der Waals surface area contributed by atoms with Gasteiger partial charge < -0.3 is 0 Å². The first kappa shape index (κ1) is 15.4. The van der Waals surface area contributed by atoms with Gasteiger partial charge in [0.2, 0.25) is 0 Å². The molecule has 1 aliphatic rings. The Kier molecular flexibility index (Phi) is 4.70. The summed E-state index contributed by atoms with van der Waals surface area (Å²) < 4.78 is 0. The average molecular weight is 328 g/mol. The van der Waals surface area contributed by atoms with Crippen LogP contribution >= 0.6 is 24.2 Å². The second-order valence-electron chi connectivity index (χ2n) is 5.53. The normalized spacial score (nSPS) is 15.7. The number of aryl methyl sites for hydroxylation is 1. The van der Waals surface area contributed by atoms with E-state index in [1.807, 2.05) is 12.4 Å². The van der Waals surface area contributed by atoms with E-state index in [1.165, 1.54) is 39.6 Å². The van der Waals surface area contributed by atoms with Crippen LogP contribution < -0.4 is 0 Å². The minimum absolute atomic E-state index is 0. The van der Waals surface area contributed by atoms with E-state index in [4.69, 9.17) is 0 Å². The molecule has 0 radical (unpaired) electrons. The number of pyridine rings is 1. The molecule has 22 heavy (non-hydrogen) atoms. The zero-order valence-electron chi connectivity index (χ0n) is 12.2. The molecule has 0 saturated carbocycles. The zero-order chi connectivity index (χ0) is 14.1. The molecule has 0 spiro atoms. The molecule has 0 amide bonds. The maximum absolute atomic E-state index is 4.08. The van der Waals surface area contributed by atoms with Crippen LogP contribution in [-0.4, -0.2) is 10.7 Å². The van der Waals surface area contributed by atoms with Crippen LogP contribution in [0.1, 0.15) is 21.9 Å². The van der Waals surface area contributed by atoms with Crippen LogP contribution in [0.3, 0.4) is 0 Å². The van der Waals surface area contributed by atoms with Crippen LogP contribution in [0.4, 0.5) is 0 Å². The van der Waals surface area contributed by atoms with Crippen molar-refractivity contribution >= 4 is 34.9 Å². The first-order chi connectivity index (χ1) is 10.4.